The van der Waals surface area contributed by atoms with E-state index in [1.54, 1.807) is 0 Å². The fraction of sp³-hybridized carbons (Fsp3) is 0.413. The minimum absolute atomic E-state index is 0.00717. The lowest BCUT2D eigenvalue weighted by molar-refractivity contribution is 0.331. The Morgan fingerprint density at radius 3 is 1.62 bits per heavy atom. The van der Waals surface area contributed by atoms with Gasteiger partial charge < -0.3 is 14.1 Å². The lowest BCUT2D eigenvalue weighted by atomic mass is 9.46. The van der Waals surface area contributed by atoms with E-state index in [2.05, 4.69) is 237 Å². The van der Waals surface area contributed by atoms with Crippen molar-refractivity contribution in [2.24, 2.45) is 0 Å². The fourth-order valence-electron chi connectivity index (χ4n) is 16.4. The molecule has 0 atom stereocenters. The number of benzene rings is 7. The van der Waals surface area contributed by atoms with Gasteiger partial charge >= 0.3 is 6.85 Å². The summed E-state index contributed by atoms with van der Waals surface area (Å²) in [5, 5.41) is 3.69. The summed E-state index contributed by atoms with van der Waals surface area (Å²) in [5.74, 6) is 0. The largest absolute Gasteiger partial charge is 0.454 e. The third-order valence-corrected chi connectivity index (χ3v) is 23.2. The second-order valence-electron chi connectivity index (χ2n) is 31.3. The van der Waals surface area contributed by atoms with Crippen LogP contribution in [0.5, 0.6) is 0 Å². The zero-order chi connectivity index (χ0) is 56.1. The van der Waals surface area contributed by atoms with E-state index in [4.69, 9.17) is 4.42 Å². The number of para-hydroxylation sites is 1. The Morgan fingerprint density at radius 1 is 0.450 bits per heavy atom. The van der Waals surface area contributed by atoms with Gasteiger partial charge in [0, 0.05) is 53.7 Å². The maximum atomic E-state index is 7.48. The molecule has 0 fully saturated rings. The fourth-order valence-corrected chi connectivity index (χ4v) is 17.7. The monoisotopic (exact) mass is 1070 g/mol. The highest BCUT2D eigenvalue weighted by Crippen LogP contribution is 2.61. The molecule has 3 nitrogen and oxygen atoms in total. The zero-order valence-corrected chi connectivity index (χ0v) is 51.7. The second kappa shape index (κ2) is 15.7. The average molecular weight is 1070 g/mol. The second-order valence-corrected chi connectivity index (χ2v) is 32.4. The number of furan rings is 1. The van der Waals surface area contributed by atoms with Crippen LogP contribution in [0, 0.1) is 0 Å². The van der Waals surface area contributed by atoms with Crippen molar-refractivity contribution in [1.82, 2.24) is 0 Å². The number of hydrogen-bond acceptors (Lipinski definition) is 4. The van der Waals surface area contributed by atoms with Crippen molar-refractivity contribution in [1.29, 1.82) is 0 Å². The van der Waals surface area contributed by atoms with E-state index in [1.807, 2.05) is 11.3 Å². The molecule has 5 heteroatoms. The molecule has 9 aromatic rings. The molecule has 0 saturated heterocycles. The number of thiophene rings is 1. The molecule has 15 rings (SSSR count). The van der Waals surface area contributed by atoms with Gasteiger partial charge in [0.15, 0.2) is 5.58 Å². The summed E-state index contributed by atoms with van der Waals surface area (Å²) in [5.41, 5.74) is 28.2. The summed E-state index contributed by atoms with van der Waals surface area (Å²) >= 11 is 2.04. The first-order valence-corrected chi connectivity index (χ1v) is 31.1. The number of nitrogens with zero attached hydrogens (tertiary/aromatic N) is 2. The van der Waals surface area contributed by atoms with Crippen molar-refractivity contribution in [2.45, 2.75) is 200 Å². The quantitative estimate of drug-likeness (QED) is 0.161. The third kappa shape index (κ3) is 6.79. The first-order chi connectivity index (χ1) is 37.5. The van der Waals surface area contributed by atoms with Gasteiger partial charge in [-0.1, -0.05) is 160 Å². The predicted molar refractivity (Wildman–Crippen MR) is 345 cm³/mol. The van der Waals surface area contributed by atoms with Crippen LogP contribution in [0.1, 0.15) is 206 Å². The van der Waals surface area contributed by atoms with Crippen LogP contribution < -0.4 is 20.0 Å². The van der Waals surface area contributed by atoms with Gasteiger partial charge in [-0.05, 0) is 215 Å². The van der Waals surface area contributed by atoms with E-state index >= 15 is 0 Å². The normalized spacial score (nSPS) is 20.6. The summed E-state index contributed by atoms with van der Waals surface area (Å²) in [6.45, 7) is 41.6. The van der Waals surface area contributed by atoms with E-state index in [-0.39, 0.29) is 50.2 Å². The predicted octanol–water partition coefficient (Wildman–Crippen LogP) is 20.2. The molecule has 4 heterocycles. The van der Waals surface area contributed by atoms with Crippen molar-refractivity contribution >= 4 is 88.9 Å². The number of rotatable bonds is 2. The molecule has 0 amide bonds. The molecule has 0 unspecified atom stereocenters. The van der Waals surface area contributed by atoms with Crippen molar-refractivity contribution in [3.8, 4) is 22.3 Å². The smallest absolute Gasteiger partial charge is 0.343 e. The molecule has 4 aliphatic carbocycles. The molecule has 0 spiro atoms. The van der Waals surface area contributed by atoms with E-state index in [0.29, 0.717) is 0 Å². The molecule has 80 heavy (non-hydrogen) atoms. The van der Waals surface area contributed by atoms with Crippen molar-refractivity contribution in [2.75, 3.05) is 9.71 Å². The van der Waals surface area contributed by atoms with Crippen LogP contribution in [-0.2, 0) is 43.3 Å². The molecule has 2 aromatic heterocycles. The van der Waals surface area contributed by atoms with E-state index < -0.39 is 0 Å². The molecule has 0 radical (unpaired) electrons. The summed E-state index contributed by atoms with van der Waals surface area (Å²) in [4.78, 5) is 5.52. The molecule has 6 aliphatic rings. The van der Waals surface area contributed by atoms with Crippen LogP contribution in [-0.4, -0.2) is 6.85 Å². The van der Waals surface area contributed by atoms with Gasteiger partial charge in [-0.2, -0.15) is 0 Å². The Hall–Kier alpha value is -6.04. The lowest BCUT2D eigenvalue weighted by Gasteiger charge is -2.46. The Bertz CT molecular complexity index is 4220. The van der Waals surface area contributed by atoms with Gasteiger partial charge in [0.1, 0.15) is 5.58 Å². The molecule has 2 aliphatic heterocycles. The van der Waals surface area contributed by atoms with Crippen LogP contribution in [0.25, 0.3) is 54.3 Å². The summed E-state index contributed by atoms with van der Waals surface area (Å²) in [7, 11) is 0. The van der Waals surface area contributed by atoms with Crippen LogP contribution in [0.4, 0.5) is 28.4 Å². The molecule has 0 saturated carbocycles. The minimum atomic E-state index is -0.218. The van der Waals surface area contributed by atoms with E-state index in [9.17, 15) is 0 Å². The minimum Gasteiger partial charge on any atom is -0.454 e. The van der Waals surface area contributed by atoms with Gasteiger partial charge in [0.05, 0.1) is 11.4 Å². The molecular weight excluding hydrogens is 988 g/mol. The van der Waals surface area contributed by atoms with Crippen molar-refractivity contribution in [3.63, 3.8) is 0 Å². The zero-order valence-electron chi connectivity index (χ0n) is 50.9. The van der Waals surface area contributed by atoms with Crippen molar-refractivity contribution in [3.05, 3.63) is 159 Å². The standard InChI is InChI=1S/C75H81BN2OS/c1-68(2,3)42-22-24-43(25-23-42)78-60-40-54-46(47-37-56-58(39-53(47)75(54,16)17)73(12,13)32-30-71(56,8)9)35-48(60)49-36-50-45-20-18-19-21-61(45)79-66(50)65-63(49)76(78)67-64(51-38-57-59(41-62(51)80-67)74(14,15)33-31-72(57,10)11)77(65)44-26-27-52-55(34-44)70(6,7)29-28-69(52,4)5/h18-27,34-41H,28-33H2,1-17H3. The number of hydrogen-bond donors (Lipinski definition) is 0. The Morgan fingerprint density at radius 2 is 0.988 bits per heavy atom. The topological polar surface area (TPSA) is 19.6 Å². The Kier molecular flexibility index (Phi) is 10.0. The Balaban J connectivity index is 1.11. The van der Waals surface area contributed by atoms with Crippen LogP contribution in [0.15, 0.2) is 114 Å². The van der Waals surface area contributed by atoms with Crippen LogP contribution >= 0.6 is 11.3 Å². The van der Waals surface area contributed by atoms with Gasteiger partial charge in [0.2, 0.25) is 0 Å². The van der Waals surface area contributed by atoms with Gasteiger partial charge in [0.25, 0.3) is 0 Å². The molecule has 0 N–H and O–H groups in total. The maximum Gasteiger partial charge on any atom is 0.343 e. The maximum absolute atomic E-state index is 7.48. The highest BCUT2D eigenvalue weighted by Gasteiger charge is 2.52. The molecule has 406 valence electrons. The van der Waals surface area contributed by atoms with E-state index in [1.165, 1.54) is 152 Å². The van der Waals surface area contributed by atoms with E-state index in [0.717, 1.165) is 29.4 Å². The molecular formula is C75H81BN2OS. The first kappa shape index (κ1) is 50.9. The average Bonchev–Trinajstić information content (AvgIpc) is 1.85. The number of fused-ring (bicyclic) bond motifs is 16. The van der Waals surface area contributed by atoms with Crippen LogP contribution in [0.3, 0.4) is 0 Å². The molecule has 0 bridgehead atoms. The Labute approximate surface area is 481 Å². The van der Waals surface area contributed by atoms with Gasteiger partial charge in [-0.3, -0.25) is 0 Å². The summed E-state index contributed by atoms with van der Waals surface area (Å²) < 4.78 is 10.2. The van der Waals surface area contributed by atoms with Gasteiger partial charge in [-0.25, -0.2) is 0 Å². The van der Waals surface area contributed by atoms with Crippen LogP contribution in [0.2, 0.25) is 0 Å². The summed E-state index contributed by atoms with van der Waals surface area (Å²) in [6.07, 6.45) is 7.06. The third-order valence-electron chi connectivity index (χ3n) is 22.0. The first-order valence-electron chi connectivity index (χ1n) is 30.3. The molecule has 7 aromatic carbocycles. The summed E-state index contributed by atoms with van der Waals surface area (Å²) in [6, 6.07) is 44.6. The highest BCUT2D eigenvalue weighted by molar-refractivity contribution is 7.32. The highest BCUT2D eigenvalue weighted by atomic mass is 32.1. The lowest BCUT2D eigenvalue weighted by Crippen LogP contribution is -2.60. The SMILES string of the molecule is CC(C)(C)c1ccc(N2B3c4sc5cc6c(cc5c4N(c4ccc5c(c4)C(C)(C)CCC5(C)C)c4c3c(cc3c4oc4ccccc43)-c3cc4c(cc32)C(C)(C)c2cc3c(cc2-4)C(C)(C)CCC3(C)C)C(C)(C)CCC6(C)C)cc1. The van der Waals surface area contributed by atoms with Crippen molar-refractivity contribution < 1.29 is 4.42 Å². The number of anilines is 5. The van der Waals surface area contributed by atoms with Gasteiger partial charge in [-0.15, -0.1) is 11.3 Å².